The zero-order valence-corrected chi connectivity index (χ0v) is 12.2. The average Bonchev–Trinajstić information content (AvgIpc) is 2.78. The van der Waals surface area contributed by atoms with Gasteiger partial charge in [-0.3, -0.25) is 9.58 Å². The zero-order chi connectivity index (χ0) is 14.5. The van der Waals surface area contributed by atoms with Crippen molar-refractivity contribution in [1.29, 1.82) is 0 Å². The van der Waals surface area contributed by atoms with E-state index in [4.69, 9.17) is 9.84 Å². The van der Waals surface area contributed by atoms with E-state index >= 15 is 0 Å². The fourth-order valence-corrected chi connectivity index (χ4v) is 2.68. The summed E-state index contributed by atoms with van der Waals surface area (Å²) >= 11 is 0. The summed E-state index contributed by atoms with van der Waals surface area (Å²) < 4.78 is 7.22. The Hall–Kier alpha value is -1.40. The van der Waals surface area contributed by atoms with Crippen LogP contribution in [0.15, 0.2) is 6.20 Å². The maximum absolute atomic E-state index is 10.5. The summed E-state index contributed by atoms with van der Waals surface area (Å²) in [5, 5.41) is 13.1. The molecule has 0 radical (unpaired) electrons. The smallest absolute Gasteiger partial charge is 0.329 e. The Morgan fingerprint density at radius 2 is 2.20 bits per heavy atom. The lowest BCUT2D eigenvalue weighted by Crippen LogP contribution is -2.37. The number of hydrogen-bond donors (Lipinski definition) is 1. The van der Waals surface area contributed by atoms with Crippen LogP contribution >= 0.6 is 0 Å². The molecule has 0 amide bonds. The normalized spacial score (nSPS) is 17.5. The topological polar surface area (TPSA) is 67.6 Å². The molecule has 0 atom stereocenters. The number of likely N-dealkylation sites (tertiary alicyclic amines) is 1. The summed E-state index contributed by atoms with van der Waals surface area (Å²) in [4.78, 5) is 12.9. The fraction of sp³-hybridized carbons (Fsp3) is 0.714. The number of carboxylic acids is 1. The highest BCUT2D eigenvalue weighted by atomic mass is 16.5. The number of piperidine rings is 1. The molecule has 6 heteroatoms. The van der Waals surface area contributed by atoms with E-state index in [2.05, 4.69) is 23.1 Å². The number of aliphatic carboxylic acids is 1. The molecule has 0 bridgehead atoms. The number of aryl methyl sites for hydroxylation is 2. The summed E-state index contributed by atoms with van der Waals surface area (Å²) in [6, 6.07) is 0. The van der Waals surface area contributed by atoms with Gasteiger partial charge in [0.25, 0.3) is 0 Å². The highest BCUT2D eigenvalue weighted by Gasteiger charge is 2.21. The van der Waals surface area contributed by atoms with Gasteiger partial charge in [-0.25, -0.2) is 4.79 Å². The first kappa shape index (κ1) is 15.0. The Bertz CT molecular complexity index is 451. The second kappa shape index (κ2) is 6.85. The predicted octanol–water partition coefficient (Wildman–Crippen LogP) is 1.05. The highest BCUT2D eigenvalue weighted by Crippen LogP contribution is 2.17. The van der Waals surface area contributed by atoms with Crippen LogP contribution in [0.4, 0.5) is 0 Å². The van der Waals surface area contributed by atoms with Gasteiger partial charge in [-0.05, 0) is 19.3 Å². The summed E-state index contributed by atoms with van der Waals surface area (Å²) in [6.45, 7) is 4.75. The lowest BCUT2D eigenvalue weighted by molar-refractivity contribution is -0.145. The number of carbonyl (C=O) groups is 1. The van der Waals surface area contributed by atoms with Crippen molar-refractivity contribution in [3.05, 3.63) is 17.5 Å². The van der Waals surface area contributed by atoms with Crippen LogP contribution in [0.5, 0.6) is 0 Å². The Morgan fingerprint density at radius 1 is 1.50 bits per heavy atom. The molecule has 0 saturated carbocycles. The molecule has 6 nitrogen and oxygen atoms in total. The second-order valence-electron chi connectivity index (χ2n) is 5.31. The third-order valence-corrected chi connectivity index (χ3v) is 3.70. The van der Waals surface area contributed by atoms with Crippen LogP contribution in [0.25, 0.3) is 0 Å². The van der Waals surface area contributed by atoms with Gasteiger partial charge in [0, 0.05) is 38.4 Å². The van der Waals surface area contributed by atoms with Crippen molar-refractivity contribution >= 4 is 5.97 Å². The molecule has 0 aliphatic carbocycles. The van der Waals surface area contributed by atoms with Crippen molar-refractivity contribution in [2.75, 3.05) is 19.7 Å². The molecule has 20 heavy (non-hydrogen) atoms. The van der Waals surface area contributed by atoms with E-state index in [0.717, 1.165) is 44.6 Å². The van der Waals surface area contributed by atoms with E-state index in [1.807, 2.05) is 11.7 Å². The molecule has 1 fully saturated rings. The van der Waals surface area contributed by atoms with Crippen LogP contribution in [-0.2, 0) is 29.5 Å². The number of hydrogen-bond acceptors (Lipinski definition) is 4. The lowest BCUT2D eigenvalue weighted by atomic mass is 10.1. The maximum Gasteiger partial charge on any atom is 0.329 e. The summed E-state index contributed by atoms with van der Waals surface area (Å²) in [5.74, 6) is -0.893. The molecule has 0 aromatic carbocycles. The number of nitrogens with zero attached hydrogens (tertiary/aromatic N) is 3. The molecule has 1 aromatic heterocycles. The van der Waals surface area contributed by atoms with E-state index in [-0.39, 0.29) is 12.7 Å². The summed E-state index contributed by atoms with van der Waals surface area (Å²) in [6.07, 6.45) is 4.92. The van der Waals surface area contributed by atoms with Gasteiger partial charge in [0.2, 0.25) is 0 Å². The maximum atomic E-state index is 10.5. The van der Waals surface area contributed by atoms with Crippen LogP contribution in [-0.4, -0.2) is 51.6 Å². The molecule has 1 aromatic rings. The lowest BCUT2D eigenvalue weighted by Gasteiger charge is -2.31. The minimum atomic E-state index is -0.893. The van der Waals surface area contributed by atoms with Crippen molar-refractivity contribution in [2.45, 2.75) is 38.8 Å². The van der Waals surface area contributed by atoms with E-state index < -0.39 is 5.97 Å². The summed E-state index contributed by atoms with van der Waals surface area (Å²) in [7, 11) is 1.95. The van der Waals surface area contributed by atoms with Gasteiger partial charge < -0.3 is 9.84 Å². The Kier molecular flexibility index (Phi) is 5.14. The SMILES string of the molecule is CCc1nn(C)cc1CN1CCC(OCC(=O)O)CC1. The largest absolute Gasteiger partial charge is 0.480 e. The number of aromatic nitrogens is 2. The Balaban J connectivity index is 1.80. The van der Waals surface area contributed by atoms with Crippen LogP contribution in [0.3, 0.4) is 0 Å². The molecule has 0 spiro atoms. The molecule has 1 N–H and O–H groups in total. The molecule has 0 unspecified atom stereocenters. The summed E-state index contributed by atoms with van der Waals surface area (Å²) in [5.41, 5.74) is 2.46. The molecule has 1 aliphatic rings. The Labute approximate surface area is 119 Å². The van der Waals surface area contributed by atoms with Crippen molar-refractivity contribution in [3.8, 4) is 0 Å². The molecule has 1 saturated heterocycles. The molecular weight excluding hydrogens is 258 g/mol. The minimum absolute atomic E-state index is 0.0851. The van der Waals surface area contributed by atoms with Crippen molar-refractivity contribution < 1.29 is 14.6 Å². The van der Waals surface area contributed by atoms with Crippen LogP contribution < -0.4 is 0 Å². The third kappa shape index (κ3) is 4.05. The monoisotopic (exact) mass is 281 g/mol. The number of carboxylic acid groups (broad SMARTS) is 1. The van der Waals surface area contributed by atoms with E-state index in [1.165, 1.54) is 5.56 Å². The quantitative estimate of drug-likeness (QED) is 0.844. The third-order valence-electron chi connectivity index (χ3n) is 3.70. The van der Waals surface area contributed by atoms with E-state index in [1.54, 1.807) is 0 Å². The zero-order valence-electron chi connectivity index (χ0n) is 12.2. The van der Waals surface area contributed by atoms with Gasteiger partial charge in [0.1, 0.15) is 6.61 Å². The van der Waals surface area contributed by atoms with Crippen LogP contribution in [0, 0.1) is 0 Å². The Morgan fingerprint density at radius 3 is 2.80 bits per heavy atom. The molecule has 2 rings (SSSR count). The predicted molar refractivity (Wildman–Crippen MR) is 74.5 cm³/mol. The van der Waals surface area contributed by atoms with Gasteiger partial charge in [0.15, 0.2) is 0 Å². The minimum Gasteiger partial charge on any atom is -0.480 e. The number of rotatable bonds is 6. The van der Waals surface area contributed by atoms with Crippen molar-refractivity contribution in [1.82, 2.24) is 14.7 Å². The molecule has 112 valence electrons. The first-order chi connectivity index (χ1) is 9.58. The van der Waals surface area contributed by atoms with Gasteiger partial charge in [0.05, 0.1) is 11.8 Å². The van der Waals surface area contributed by atoms with Gasteiger partial charge in [-0.2, -0.15) is 5.10 Å². The van der Waals surface area contributed by atoms with Gasteiger partial charge in [-0.15, -0.1) is 0 Å². The van der Waals surface area contributed by atoms with E-state index in [0.29, 0.717) is 0 Å². The van der Waals surface area contributed by atoms with Crippen LogP contribution in [0.2, 0.25) is 0 Å². The standard InChI is InChI=1S/C14H23N3O3/c1-3-13-11(8-16(2)15-13)9-17-6-4-12(5-7-17)20-10-14(18)19/h8,12H,3-7,9-10H2,1-2H3,(H,18,19). The molecule has 1 aliphatic heterocycles. The first-order valence-corrected chi connectivity index (χ1v) is 7.15. The van der Waals surface area contributed by atoms with Crippen LogP contribution in [0.1, 0.15) is 31.0 Å². The first-order valence-electron chi connectivity index (χ1n) is 7.15. The van der Waals surface area contributed by atoms with Crippen molar-refractivity contribution in [2.24, 2.45) is 7.05 Å². The molecular formula is C14H23N3O3. The second-order valence-corrected chi connectivity index (χ2v) is 5.31. The molecule has 2 heterocycles. The highest BCUT2D eigenvalue weighted by molar-refractivity contribution is 5.68. The average molecular weight is 281 g/mol. The van der Waals surface area contributed by atoms with Crippen molar-refractivity contribution in [3.63, 3.8) is 0 Å². The number of ether oxygens (including phenoxy) is 1. The van der Waals surface area contributed by atoms with Gasteiger partial charge >= 0.3 is 5.97 Å². The van der Waals surface area contributed by atoms with E-state index in [9.17, 15) is 4.79 Å². The fourth-order valence-electron chi connectivity index (χ4n) is 2.68. The van der Waals surface area contributed by atoms with Gasteiger partial charge in [-0.1, -0.05) is 6.92 Å².